The highest BCUT2D eigenvalue weighted by Crippen LogP contribution is 2.48. The predicted octanol–water partition coefficient (Wildman–Crippen LogP) is 4.17. The van der Waals surface area contributed by atoms with Crippen molar-refractivity contribution >= 4 is 34.9 Å². The number of benzene rings is 2. The summed E-state index contributed by atoms with van der Waals surface area (Å²) in [6, 6.07) is 11.3. The molecule has 0 aliphatic carbocycles. The Bertz CT molecular complexity index is 1480. The zero-order chi connectivity index (χ0) is 26.6. The number of piperazine rings is 1. The van der Waals surface area contributed by atoms with Crippen molar-refractivity contribution in [1.29, 1.82) is 0 Å². The lowest BCUT2D eigenvalue weighted by molar-refractivity contribution is -0.128. The number of anilines is 2. The van der Waals surface area contributed by atoms with Gasteiger partial charge in [-0.1, -0.05) is 42.4 Å². The van der Waals surface area contributed by atoms with Crippen molar-refractivity contribution in [2.45, 2.75) is 12.5 Å². The van der Waals surface area contributed by atoms with Crippen molar-refractivity contribution in [1.82, 2.24) is 14.8 Å². The summed E-state index contributed by atoms with van der Waals surface area (Å²) in [6.45, 7) is 5.10. The first kappa shape index (κ1) is 24.2. The molecule has 1 saturated heterocycles. The Labute approximate surface area is 223 Å². The molecule has 3 aliphatic rings. The maximum absolute atomic E-state index is 15.0. The Morgan fingerprint density at radius 3 is 2.76 bits per heavy atom. The van der Waals surface area contributed by atoms with E-state index in [1.54, 1.807) is 9.80 Å². The van der Waals surface area contributed by atoms with Crippen LogP contribution in [0.4, 0.5) is 15.9 Å². The molecular formula is C28H24ClFN4O4. The van der Waals surface area contributed by atoms with Gasteiger partial charge in [0.05, 0.1) is 11.6 Å². The normalized spacial score (nSPS) is 18.3. The van der Waals surface area contributed by atoms with E-state index < -0.39 is 11.9 Å². The third kappa shape index (κ3) is 3.77. The van der Waals surface area contributed by atoms with E-state index in [2.05, 4.69) is 6.58 Å². The average molecular weight is 535 g/mol. The van der Waals surface area contributed by atoms with Crippen LogP contribution < -0.4 is 9.64 Å². The van der Waals surface area contributed by atoms with Gasteiger partial charge in [-0.05, 0) is 36.3 Å². The van der Waals surface area contributed by atoms with E-state index in [4.69, 9.17) is 21.3 Å². The fourth-order valence-electron chi connectivity index (χ4n) is 5.44. The smallest absolute Gasteiger partial charge is 0.261 e. The summed E-state index contributed by atoms with van der Waals surface area (Å²) in [5.41, 5.74) is 1.96. The van der Waals surface area contributed by atoms with Crippen LogP contribution >= 0.6 is 11.6 Å². The number of halogens is 2. The van der Waals surface area contributed by atoms with Crippen LogP contribution in [0.3, 0.4) is 0 Å². The van der Waals surface area contributed by atoms with E-state index in [1.165, 1.54) is 24.3 Å². The van der Waals surface area contributed by atoms with Crippen LogP contribution in [0, 0.1) is 5.82 Å². The van der Waals surface area contributed by atoms with Gasteiger partial charge in [-0.15, -0.1) is 0 Å². The number of aromatic hydroxyl groups is 1. The van der Waals surface area contributed by atoms with Gasteiger partial charge in [0, 0.05) is 31.9 Å². The summed E-state index contributed by atoms with van der Waals surface area (Å²) in [7, 11) is 0. The minimum absolute atomic E-state index is 0.0171. The predicted molar refractivity (Wildman–Crippen MR) is 141 cm³/mol. The summed E-state index contributed by atoms with van der Waals surface area (Å²) in [6.07, 6.45) is 1.98. The molecule has 1 N–H and O–H groups in total. The van der Waals surface area contributed by atoms with Crippen LogP contribution in [0.2, 0.25) is 5.02 Å². The molecule has 0 spiro atoms. The quantitative estimate of drug-likeness (QED) is 0.508. The highest BCUT2D eigenvalue weighted by Gasteiger charge is 2.41. The number of para-hydroxylation sites is 1. The number of pyridine rings is 1. The molecule has 0 unspecified atom stereocenters. The van der Waals surface area contributed by atoms with Gasteiger partial charge in [-0.3, -0.25) is 9.59 Å². The summed E-state index contributed by atoms with van der Waals surface area (Å²) < 4.78 is 21.2. The van der Waals surface area contributed by atoms with Crippen molar-refractivity contribution in [3.8, 4) is 22.8 Å². The number of phenolic OH excluding ortho intramolecular Hbond substituents is 1. The lowest BCUT2D eigenvalue weighted by atomic mass is 10.1. The van der Waals surface area contributed by atoms with E-state index in [0.717, 1.165) is 17.7 Å². The number of aromatic nitrogens is 1. The molecule has 1 fully saturated rings. The fraction of sp³-hybridized carbons (Fsp3) is 0.250. The van der Waals surface area contributed by atoms with E-state index in [-0.39, 0.29) is 64.1 Å². The number of carbonyl (C=O) groups is 2. The number of rotatable bonds is 3. The molecule has 1 atom stereocenters. The second-order valence-electron chi connectivity index (χ2n) is 9.42. The number of ether oxygens (including phenoxy) is 1. The molecule has 4 heterocycles. The zero-order valence-corrected chi connectivity index (χ0v) is 21.1. The molecule has 8 nitrogen and oxygen atoms in total. The average Bonchev–Trinajstić information content (AvgIpc) is 3.29. The van der Waals surface area contributed by atoms with E-state index in [9.17, 15) is 14.7 Å². The number of carbonyl (C=O) groups excluding carboxylic acids is 2. The van der Waals surface area contributed by atoms with Crippen LogP contribution in [0.25, 0.3) is 11.3 Å². The molecule has 2 amide bonds. The van der Waals surface area contributed by atoms with Gasteiger partial charge < -0.3 is 24.5 Å². The van der Waals surface area contributed by atoms with Gasteiger partial charge in [-0.25, -0.2) is 9.37 Å². The Kier molecular flexibility index (Phi) is 5.95. The second kappa shape index (κ2) is 9.33. The summed E-state index contributed by atoms with van der Waals surface area (Å²) in [5.74, 6) is -1.22. The lowest BCUT2D eigenvalue weighted by Crippen LogP contribution is -2.57. The number of fused-ring (bicyclic) bond motifs is 3. The molecule has 0 saturated carbocycles. The zero-order valence-electron chi connectivity index (χ0n) is 20.4. The molecule has 6 rings (SSSR count). The molecule has 38 heavy (non-hydrogen) atoms. The SMILES string of the molecule is C=CC(=O)N1CCN2C(=O)c3c(N4CCc5ccccc54)nc(-c4c(O)cccc4F)c(Cl)c3OC[C@H]2C1. The van der Waals surface area contributed by atoms with E-state index in [1.807, 2.05) is 29.2 Å². The first-order valence-corrected chi connectivity index (χ1v) is 12.7. The van der Waals surface area contributed by atoms with E-state index >= 15 is 4.39 Å². The lowest BCUT2D eigenvalue weighted by Gasteiger charge is -2.39. The first-order chi connectivity index (χ1) is 18.4. The van der Waals surface area contributed by atoms with Crippen LogP contribution in [0.1, 0.15) is 15.9 Å². The third-order valence-corrected chi connectivity index (χ3v) is 7.66. The highest BCUT2D eigenvalue weighted by atomic mass is 35.5. The molecule has 1 aromatic heterocycles. The van der Waals surface area contributed by atoms with Gasteiger partial charge in [-0.2, -0.15) is 0 Å². The van der Waals surface area contributed by atoms with Crippen molar-refractivity contribution in [3.05, 3.63) is 77.1 Å². The summed E-state index contributed by atoms with van der Waals surface area (Å²) >= 11 is 6.79. The molecule has 10 heteroatoms. The van der Waals surface area contributed by atoms with Gasteiger partial charge in [0.15, 0.2) is 11.6 Å². The van der Waals surface area contributed by atoms with Crippen LogP contribution in [0.5, 0.6) is 11.5 Å². The summed E-state index contributed by atoms with van der Waals surface area (Å²) in [4.78, 5) is 36.3. The summed E-state index contributed by atoms with van der Waals surface area (Å²) in [5, 5.41) is 10.5. The number of phenols is 1. The monoisotopic (exact) mass is 534 g/mol. The highest BCUT2D eigenvalue weighted by molar-refractivity contribution is 6.35. The van der Waals surface area contributed by atoms with Crippen LogP contribution in [0.15, 0.2) is 55.1 Å². The number of amides is 2. The molecule has 3 aliphatic heterocycles. The van der Waals surface area contributed by atoms with Gasteiger partial charge in [0.2, 0.25) is 5.91 Å². The molecule has 0 bridgehead atoms. The third-order valence-electron chi connectivity index (χ3n) is 7.31. The van der Waals surface area contributed by atoms with Crippen LogP contribution in [-0.2, 0) is 11.2 Å². The Hall–Kier alpha value is -4.11. The Balaban J connectivity index is 1.54. The van der Waals surface area contributed by atoms with Gasteiger partial charge in [0.25, 0.3) is 5.91 Å². The Morgan fingerprint density at radius 1 is 1.16 bits per heavy atom. The van der Waals surface area contributed by atoms with Crippen molar-refractivity contribution in [2.24, 2.45) is 0 Å². The second-order valence-corrected chi connectivity index (χ2v) is 9.80. The number of hydrogen-bond acceptors (Lipinski definition) is 6. The number of nitrogens with zero attached hydrogens (tertiary/aromatic N) is 4. The van der Waals surface area contributed by atoms with Crippen molar-refractivity contribution < 1.29 is 23.8 Å². The van der Waals surface area contributed by atoms with Crippen LogP contribution in [-0.4, -0.2) is 70.5 Å². The van der Waals surface area contributed by atoms with Crippen molar-refractivity contribution in [3.63, 3.8) is 0 Å². The Morgan fingerprint density at radius 2 is 1.97 bits per heavy atom. The van der Waals surface area contributed by atoms with Crippen molar-refractivity contribution in [2.75, 3.05) is 37.7 Å². The van der Waals surface area contributed by atoms with Gasteiger partial charge in [0.1, 0.15) is 34.5 Å². The maximum atomic E-state index is 15.0. The first-order valence-electron chi connectivity index (χ1n) is 12.3. The fourth-order valence-corrected chi connectivity index (χ4v) is 5.73. The molecule has 194 valence electrons. The maximum Gasteiger partial charge on any atom is 0.261 e. The topological polar surface area (TPSA) is 86.2 Å². The van der Waals surface area contributed by atoms with E-state index in [0.29, 0.717) is 19.6 Å². The minimum atomic E-state index is -0.705. The van der Waals surface area contributed by atoms with Gasteiger partial charge >= 0.3 is 0 Å². The molecule has 3 aromatic rings. The minimum Gasteiger partial charge on any atom is -0.507 e. The molecule has 0 radical (unpaired) electrons. The standard InChI is InChI=1S/C28H24ClFN4O4/c1-2-21(36)32-12-13-33-17(14-32)15-38-26-23(28(33)37)27(34-11-10-16-6-3-4-8-19(16)34)31-25(24(26)29)22-18(30)7-5-9-20(22)35/h2-9,17,35H,1,10-15H2/t17-/m1/s1. The number of hydrogen-bond donors (Lipinski definition) is 1. The largest absolute Gasteiger partial charge is 0.507 e. The molecule has 2 aromatic carbocycles. The molecular weight excluding hydrogens is 511 g/mol.